The van der Waals surface area contributed by atoms with Gasteiger partial charge in [-0.25, -0.2) is 0 Å². The van der Waals surface area contributed by atoms with Crippen LogP contribution in [-0.2, 0) is 6.42 Å². The molecule has 0 unspecified atom stereocenters. The molecule has 1 aromatic rings. The molecule has 0 fully saturated rings. The first-order chi connectivity index (χ1) is 9.92. The van der Waals surface area contributed by atoms with Crippen LogP contribution in [0.1, 0.15) is 25.3 Å². The van der Waals surface area contributed by atoms with Crippen molar-refractivity contribution >= 4 is 29.9 Å². The number of guanidine groups is 1. The van der Waals surface area contributed by atoms with E-state index in [9.17, 15) is 13.2 Å². The van der Waals surface area contributed by atoms with E-state index in [4.69, 9.17) is 5.73 Å². The quantitative estimate of drug-likeness (QED) is 0.301. The highest BCUT2D eigenvalue weighted by atomic mass is 127. The van der Waals surface area contributed by atoms with Crippen LogP contribution in [0, 0.1) is 0 Å². The zero-order chi connectivity index (χ0) is 15.7. The van der Waals surface area contributed by atoms with Crippen molar-refractivity contribution in [1.29, 1.82) is 0 Å². The fourth-order valence-corrected chi connectivity index (χ4v) is 1.67. The molecule has 1 aromatic carbocycles. The molecule has 0 heterocycles. The van der Waals surface area contributed by atoms with E-state index in [0.29, 0.717) is 31.0 Å². The molecule has 0 aromatic heterocycles. The molecule has 0 amide bonds. The van der Waals surface area contributed by atoms with Crippen molar-refractivity contribution in [3.63, 3.8) is 0 Å². The van der Waals surface area contributed by atoms with Crippen LogP contribution in [-0.4, -0.2) is 25.4 Å². The Morgan fingerprint density at radius 1 is 1.32 bits per heavy atom. The Morgan fingerprint density at radius 3 is 2.64 bits per heavy atom. The van der Waals surface area contributed by atoms with Crippen molar-refractivity contribution in [2.75, 3.05) is 13.1 Å². The lowest BCUT2D eigenvalue weighted by molar-refractivity contribution is -0.274. The van der Waals surface area contributed by atoms with Crippen LogP contribution >= 0.6 is 24.0 Å². The smallest absolute Gasteiger partial charge is 0.406 e. The van der Waals surface area contributed by atoms with E-state index < -0.39 is 6.36 Å². The summed E-state index contributed by atoms with van der Waals surface area (Å²) < 4.78 is 40.8. The van der Waals surface area contributed by atoms with E-state index in [-0.39, 0.29) is 29.7 Å². The number of aliphatic imine (C=N–C) groups is 1. The van der Waals surface area contributed by atoms with Gasteiger partial charge in [0, 0.05) is 13.1 Å². The van der Waals surface area contributed by atoms with Gasteiger partial charge in [-0.15, -0.1) is 37.1 Å². The number of para-hydroxylation sites is 1. The Hall–Kier alpha value is -1.19. The highest BCUT2D eigenvalue weighted by Gasteiger charge is 2.31. The molecule has 0 spiro atoms. The fraction of sp³-hybridized carbons (Fsp3) is 0.500. The van der Waals surface area contributed by atoms with Gasteiger partial charge in [0.15, 0.2) is 5.96 Å². The number of unbranched alkanes of at least 4 members (excludes halogenated alkanes) is 1. The number of benzene rings is 1. The normalized spacial score (nSPS) is 11.7. The van der Waals surface area contributed by atoms with Gasteiger partial charge in [0.2, 0.25) is 0 Å². The summed E-state index contributed by atoms with van der Waals surface area (Å²) in [7, 11) is 0. The number of nitrogens with two attached hydrogens (primary N) is 1. The maximum Gasteiger partial charge on any atom is 0.573 e. The van der Waals surface area contributed by atoms with Crippen molar-refractivity contribution in [3.8, 4) is 5.75 Å². The molecule has 0 aliphatic rings. The maximum absolute atomic E-state index is 12.3. The van der Waals surface area contributed by atoms with E-state index in [1.54, 1.807) is 12.1 Å². The number of nitrogens with zero attached hydrogens (tertiary/aromatic N) is 1. The Kier molecular flexibility index (Phi) is 9.95. The molecular weight excluding hydrogens is 410 g/mol. The Labute approximate surface area is 145 Å². The number of hydrogen-bond donors (Lipinski definition) is 2. The fourth-order valence-electron chi connectivity index (χ4n) is 1.67. The molecule has 0 bridgehead atoms. The molecule has 8 heteroatoms. The number of ether oxygens (including phenoxy) is 1. The third kappa shape index (κ3) is 8.96. The van der Waals surface area contributed by atoms with E-state index in [1.165, 1.54) is 12.1 Å². The number of hydrogen-bond acceptors (Lipinski definition) is 2. The van der Waals surface area contributed by atoms with Gasteiger partial charge >= 0.3 is 6.36 Å². The molecule has 1 rings (SSSR count). The first-order valence-corrected chi connectivity index (χ1v) is 6.80. The van der Waals surface area contributed by atoms with Gasteiger partial charge < -0.3 is 15.8 Å². The maximum atomic E-state index is 12.3. The number of nitrogens with one attached hydrogen (secondary N) is 1. The third-order valence-corrected chi connectivity index (χ3v) is 2.69. The number of rotatable bonds is 7. The van der Waals surface area contributed by atoms with Gasteiger partial charge in [-0.3, -0.25) is 4.99 Å². The van der Waals surface area contributed by atoms with Crippen LogP contribution in [0.2, 0.25) is 0 Å². The minimum absolute atomic E-state index is 0. The average molecular weight is 431 g/mol. The molecule has 0 saturated carbocycles. The summed E-state index contributed by atoms with van der Waals surface area (Å²) in [5, 5.41) is 2.87. The van der Waals surface area contributed by atoms with E-state index in [2.05, 4.69) is 22.0 Å². The second-order valence-corrected chi connectivity index (χ2v) is 4.45. The van der Waals surface area contributed by atoms with Gasteiger partial charge in [-0.1, -0.05) is 31.5 Å². The Balaban J connectivity index is 0.00000441. The largest absolute Gasteiger partial charge is 0.573 e. The van der Waals surface area contributed by atoms with Crippen LogP contribution in [0.3, 0.4) is 0 Å². The van der Waals surface area contributed by atoms with Crippen molar-refractivity contribution in [3.05, 3.63) is 29.8 Å². The molecule has 126 valence electrons. The zero-order valence-electron chi connectivity index (χ0n) is 12.3. The zero-order valence-corrected chi connectivity index (χ0v) is 14.7. The monoisotopic (exact) mass is 431 g/mol. The summed E-state index contributed by atoms with van der Waals surface area (Å²) in [6.07, 6.45) is -2.36. The highest BCUT2D eigenvalue weighted by Crippen LogP contribution is 2.26. The van der Waals surface area contributed by atoms with Crippen LogP contribution in [0.4, 0.5) is 13.2 Å². The SMILES string of the molecule is CCCCN=C(N)NCCc1ccccc1OC(F)(F)F.I. The second-order valence-electron chi connectivity index (χ2n) is 4.45. The van der Waals surface area contributed by atoms with E-state index in [0.717, 1.165) is 12.8 Å². The topological polar surface area (TPSA) is 59.6 Å². The highest BCUT2D eigenvalue weighted by molar-refractivity contribution is 14.0. The van der Waals surface area contributed by atoms with E-state index >= 15 is 0 Å². The van der Waals surface area contributed by atoms with Crippen LogP contribution in [0.5, 0.6) is 5.75 Å². The number of alkyl halides is 3. The Bertz CT molecular complexity index is 467. The summed E-state index contributed by atoms with van der Waals surface area (Å²) in [4.78, 5) is 4.10. The van der Waals surface area contributed by atoms with Gasteiger partial charge in [0.05, 0.1) is 0 Å². The molecule has 22 heavy (non-hydrogen) atoms. The van der Waals surface area contributed by atoms with Crippen molar-refractivity contribution in [1.82, 2.24) is 5.32 Å². The predicted octanol–water partition coefficient (Wildman–Crippen LogP) is 3.45. The van der Waals surface area contributed by atoms with Crippen molar-refractivity contribution in [2.24, 2.45) is 10.7 Å². The summed E-state index contributed by atoms with van der Waals surface area (Å²) in [5.74, 6) is 0.117. The first-order valence-electron chi connectivity index (χ1n) is 6.80. The lowest BCUT2D eigenvalue weighted by atomic mass is 10.1. The van der Waals surface area contributed by atoms with Crippen LogP contribution < -0.4 is 15.8 Å². The summed E-state index contributed by atoms with van der Waals surface area (Å²) in [6.45, 7) is 3.08. The summed E-state index contributed by atoms with van der Waals surface area (Å²) >= 11 is 0. The molecule has 0 atom stereocenters. The van der Waals surface area contributed by atoms with Crippen molar-refractivity contribution in [2.45, 2.75) is 32.5 Å². The minimum atomic E-state index is -4.69. The first kappa shape index (κ1) is 20.8. The van der Waals surface area contributed by atoms with E-state index in [1.807, 2.05) is 0 Å². The van der Waals surface area contributed by atoms with Crippen molar-refractivity contribution < 1.29 is 17.9 Å². The third-order valence-electron chi connectivity index (χ3n) is 2.69. The van der Waals surface area contributed by atoms with Gasteiger partial charge in [0.25, 0.3) is 0 Å². The summed E-state index contributed by atoms with van der Waals surface area (Å²) in [6, 6.07) is 6.05. The van der Waals surface area contributed by atoms with Crippen LogP contribution in [0.25, 0.3) is 0 Å². The summed E-state index contributed by atoms with van der Waals surface area (Å²) in [5.41, 5.74) is 6.11. The molecule has 0 saturated heterocycles. The lowest BCUT2D eigenvalue weighted by Crippen LogP contribution is -2.33. The van der Waals surface area contributed by atoms with Gasteiger partial charge in [0.1, 0.15) is 5.75 Å². The second kappa shape index (κ2) is 10.5. The standard InChI is InChI=1S/C14H20F3N3O.HI/c1-2-3-9-19-13(18)20-10-8-11-6-4-5-7-12(11)21-14(15,16)17;/h4-7H,2-3,8-10H2,1H3,(H3,18,19,20);1H. The minimum Gasteiger partial charge on any atom is -0.406 e. The van der Waals surface area contributed by atoms with Crippen LogP contribution in [0.15, 0.2) is 29.3 Å². The molecular formula is C14H21F3IN3O. The van der Waals surface area contributed by atoms with Gasteiger partial charge in [-0.05, 0) is 24.5 Å². The molecule has 0 radical (unpaired) electrons. The number of halogens is 4. The Morgan fingerprint density at radius 2 is 2.00 bits per heavy atom. The molecule has 4 nitrogen and oxygen atoms in total. The average Bonchev–Trinajstić information content (AvgIpc) is 2.39. The molecule has 3 N–H and O–H groups in total. The lowest BCUT2D eigenvalue weighted by Gasteiger charge is -2.13. The molecule has 0 aliphatic carbocycles. The van der Waals surface area contributed by atoms with Gasteiger partial charge in [-0.2, -0.15) is 0 Å². The molecule has 0 aliphatic heterocycles. The predicted molar refractivity (Wildman–Crippen MR) is 91.6 cm³/mol.